The number of rotatable bonds is 23. The number of halogens is 4. The van der Waals surface area contributed by atoms with Crippen molar-refractivity contribution in [3.8, 4) is 104 Å². The minimum atomic E-state index is -0.450. The van der Waals surface area contributed by atoms with Gasteiger partial charge >= 0.3 is 7.12 Å². The van der Waals surface area contributed by atoms with Crippen LogP contribution in [-0.4, -0.2) is 160 Å². The van der Waals surface area contributed by atoms with E-state index in [1.165, 1.54) is 43.5 Å². The third-order valence-electron chi connectivity index (χ3n) is 18.6. The number of imidazole rings is 3. The molecule has 1 fully saturated rings. The third-order valence-corrected chi connectivity index (χ3v) is 18.8. The van der Waals surface area contributed by atoms with E-state index in [1.807, 2.05) is 41.5 Å². The van der Waals surface area contributed by atoms with Crippen LogP contribution in [0.15, 0.2) is 215 Å². The maximum Gasteiger partial charge on any atom is 0.495 e. The smallest absolute Gasteiger partial charge is 0.495 e. The molecular weight excluding hydrogens is 1850 g/mol. The molecule has 11 aromatic heterocycles. The summed E-state index contributed by atoms with van der Waals surface area (Å²) < 4.78 is 55.6. The molecule has 0 amide bonds. The Morgan fingerprint density at radius 1 is 0.428 bits per heavy atom. The van der Waals surface area contributed by atoms with E-state index < -0.39 is 7.12 Å². The summed E-state index contributed by atoms with van der Waals surface area (Å²) in [4.78, 5) is 95.1. The second-order valence-electron chi connectivity index (χ2n) is 27.9. The number of anilines is 4. The minimum Gasteiger partial charge on any atom is -0.497 e. The first kappa shape index (κ1) is 114. The lowest BCUT2D eigenvalue weighted by atomic mass is 9.80. The van der Waals surface area contributed by atoms with Crippen LogP contribution in [-0.2, 0) is 22.4 Å². The molecule has 1 aliphatic rings. The zero-order chi connectivity index (χ0) is 95.8. The molecule has 4 aromatic carbocycles. The van der Waals surface area contributed by atoms with Gasteiger partial charge in [-0.15, -0.1) is 35.6 Å². The molecular formula is C95H105BCl4N26O12. The lowest BCUT2D eigenvalue weighted by Crippen LogP contribution is -2.41. The van der Waals surface area contributed by atoms with Gasteiger partial charge < -0.3 is 89.4 Å². The molecule has 0 radical (unpaired) electrons. The lowest BCUT2D eigenvalue weighted by molar-refractivity contribution is 0.00578. The summed E-state index contributed by atoms with van der Waals surface area (Å²) in [6.45, 7) is 43.1. The molecule has 15 aromatic rings. The molecule has 0 bridgehead atoms. The number of nitrogens with one attached hydrogen (secondary N) is 5. The molecule has 16 rings (SSSR count). The number of nitrogens with zero attached hydrogens (tertiary/aromatic N) is 19. The number of methoxy groups -OCH3 is 4. The van der Waals surface area contributed by atoms with Crippen LogP contribution in [0.5, 0.6) is 69.5 Å². The van der Waals surface area contributed by atoms with Crippen molar-refractivity contribution in [2.45, 2.75) is 102 Å². The van der Waals surface area contributed by atoms with Crippen LogP contribution in [0.3, 0.4) is 0 Å². The van der Waals surface area contributed by atoms with Gasteiger partial charge in [-0.05, 0) is 181 Å². The van der Waals surface area contributed by atoms with Crippen LogP contribution in [0.2, 0.25) is 5.28 Å². The number of aliphatic hydroxyl groups is 1. The van der Waals surface area contributed by atoms with Gasteiger partial charge in [0.15, 0.2) is 23.8 Å². The first-order valence-electron chi connectivity index (χ1n) is 39.4. The SMILES string of the molecule is C.C.C.C.CO.COc1ccc(Oc2nc(Cl)ncc2N)cc1.Cc1[nH]cnc1C=O.Cl.ClCCl.[C-]#[N+]c1cncc(-c2ncc(N)c(Oc3ccc(OC)cc3)n2)c1.[C-]#[N+]c1cncc(-c2ncc(NCc3nc[nH]c3C)c(Oc3ccc(OC)cc3)n2)c1.[C-]#[N+]c1cncc(-c2ncc(NCc3nc[nH]c3C)c(Oc3ccc(OC)cc3)n2)c1.[C-]#[N+]c1cncc(B2OC(C)(C)C(C)(C)O2)c1. The first-order chi connectivity index (χ1) is 64.3. The summed E-state index contributed by atoms with van der Waals surface area (Å²) in [6, 6.07) is 35.3. The molecule has 1 aliphatic heterocycles. The number of aromatic amines is 3. The number of benzene rings is 4. The van der Waals surface area contributed by atoms with E-state index in [9.17, 15) is 4.79 Å². The third kappa shape index (κ3) is 33.4. The zero-order valence-electron chi connectivity index (χ0n) is 74.1. The summed E-state index contributed by atoms with van der Waals surface area (Å²) in [6.07, 6.45) is 24.2. The number of hydrogen-bond donors (Lipinski definition) is 8. The van der Waals surface area contributed by atoms with E-state index in [-0.39, 0.29) is 75.7 Å². The fourth-order valence-corrected chi connectivity index (χ4v) is 11.0. The van der Waals surface area contributed by atoms with Crippen molar-refractivity contribution < 1.29 is 57.1 Å². The maximum absolute atomic E-state index is 10.0. The number of aliphatic hydroxyl groups excluding tert-OH is 1. The van der Waals surface area contributed by atoms with E-state index in [2.05, 4.69) is 120 Å². The number of pyridine rings is 4. The van der Waals surface area contributed by atoms with Crippen LogP contribution in [0.1, 0.15) is 96.4 Å². The number of carbonyl (C=O) groups excluding carboxylic acids is 1. The van der Waals surface area contributed by atoms with Gasteiger partial charge in [0.25, 0.3) is 0 Å². The molecule has 718 valence electrons. The second-order valence-corrected chi connectivity index (χ2v) is 29.0. The molecule has 38 nitrogen and oxygen atoms in total. The normalized spacial score (nSPS) is 10.9. The number of ether oxygens (including phenoxy) is 8. The number of H-pyrrole nitrogens is 3. The fourth-order valence-electron chi connectivity index (χ4n) is 10.9. The standard InChI is InChI=1S/2C22H19N7O2.C17H13N5O2.C12H15BN2O2.C11H10ClN3O2.C5H6N2O.CH2Cl2.CH4O.4CH4.ClH/c2*1-14-19(28-13-27-14)11-25-20-12-26-21(15-8-16(23-2)10-24-9-15)29-22(20)31-18-6-4-17(30-3)5-7-18;1-19-12-7-11(8-20-9-12)16-21-10-15(18)17(22-16)24-14-5-3-13(23-2)4-6-14;1-11(2)12(3,4)17-13(16-11)9-6-10(14-5)8-15-7-9;1-16-7-2-4-8(5-3-7)17-10-9(13)6-14-11(12)15-10;1-4-5(2-8)7-3-6-4;2-1-3;1-2;;;;;/h2*4-10,12-13,25H,11H2,1,3H3,(H,27,28);3-10H,18H2,2H3;6-8H,1-4H3;2-6H,13H2,1H3;2-3H,1H3,(H,6,7);1H2;2H,1H3;4*1H4;1H. The van der Waals surface area contributed by atoms with Crippen molar-refractivity contribution in [2.24, 2.45) is 0 Å². The molecule has 0 atom stereocenters. The van der Waals surface area contributed by atoms with E-state index in [1.54, 1.807) is 207 Å². The number of hydrogen-bond acceptors (Lipinski definition) is 31. The van der Waals surface area contributed by atoms with Crippen molar-refractivity contribution >= 4 is 112 Å². The molecule has 43 heteroatoms. The molecule has 0 aliphatic carbocycles. The molecule has 10 N–H and O–H groups in total. The summed E-state index contributed by atoms with van der Waals surface area (Å²) in [5.41, 5.74) is 22.1. The fraction of sp³-hybridized carbons (Fsp3) is 0.221. The predicted octanol–water partition coefficient (Wildman–Crippen LogP) is 21.5. The van der Waals surface area contributed by atoms with E-state index in [0.29, 0.717) is 133 Å². The predicted molar refractivity (Wildman–Crippen MR) is 538 cm³/mol. The zero-order valence-corrected chi connectivity index (χ0v) is 77.2. The molecule has 0 unspecified atom stereocenters. The largest absolute Gasteiger partial charge is 0.497 e. The van der Waals surface area contributed by atoms with Crippen LogP contribution in [0.25, 0.3) is 53.5 Å². The van der Waals surface area contributed by atoms with Gasteiger partial charge in [0, 0.05) is 90.5 Å². The van der Waals surface area contributed by atoms with Crippen LogP contribution >= 0.6 is 47.2 Å². The van der Waals surface area contributed by atoms with Gasteiger partial charge in [-0.2, -0.15) is 19.9 Å². The van der Waals surface area contributed by atoms with Crippen LogP contribution in [0, 0.1) is 47.1 Å². The number of aldehydes is 1. The van der Waals surface area contributed by atoms with Gasteiger partial charge in [0.1, 0.15) is 74.4 Å². The van der Waals surface area contributed by atoms with Gasteiger partial charge in [-0.3, -0.25) is 24.7 Å². The quantitative estimate of drug-likeness (QED) is 0.00969. The Morgan fingerprint density at radius 3 is 1.04 bits per heavy atom. The maximum atomic E-state index is 10.0. The Labute approximate surface area is 822 Å². The average molecular weight is 1960 g/mol. The highest BCUT2D eigenvalue weighted by molar-refractivity contribution is 6.62. The highest BCUT2D eigenvalue weighted by atomic mass is 35.5. The summed E-state index contributed by atoms with van der Waals surface area (Å²) in [5, 5.41) is 13.8. The van der Waals surface area contributed by atoms with E-state index in [0.717, 1.165) is 70.3 Å². The van der Waals surface area contributed by atoms with Gasteiger partial charge in [0.05, 0.1) is 140 Å². The van der Waals surface area contributed by atoms with Crippen molar-refractivity contribution in [1.29, 1.82) is 0 Å². The van der Waals surface area contributed by atoms with Gasteiger partial charge in [0.2, 0.25) is 51.6 Å². The van der Waals surface area contributed by atoms with Crippen molar-refractivity contribution in [3.05, 3.63) is 300 Å². The monoisotopic (exact) mass is 1950 g/mol. The molecule has 0 spiro atoms. The lowest BCUT2D eigenvalue weighted by Gasteiger charge is -2.32. The average Bonchev–Trinajstić information content (AvgIpc) is 1.62. The van der Waals surface area contributed by atoms with E-state index >= 15 is 0 Å². The molecule has 0 saturated carbocycles. The first-order valence-corrected chi connectivity index (χ1v) is 40.8. The topological polar surface area (TPSA) is 464 Å². The summed E-state index contributed by atoms with van der Waals surface area (Å²) in [7, 11) is 6.95. The van der Waals surface area contributed by atoms with Crippen molar-refractivity contribution in [1.82, 2.24) is 89.7 Å². The van der Waals surface area contributed by atoms with Crippen LogP contribution < -0.4 is 65.5 Å². The molecule has 1 saturated heterocycles. The van der Waals surface area contributed by atoms with E-state index in [4.69, 9.17) is 125 Å². The Balaban J connectivity index is 0.000000351. The number of aryl methyl sites for hydroxylation is 3. The van der Waals surface area contributed by atoms with Crippen molar-refractivity contribution in [3.63, 3.8) is 0 Å². The minimum absolute atomic E-state index is 0. The Morgan fingerprint density at radius 2 is 0.725 bits per heavy atom. The van der Waals surface area contributed by atoms with Gasteiger partial charge in [-0.25, -0.2) is 54.3 Å². The van der Waals surface area contributed by atoms with Gasteiger partial charge in [-0.1, -0.05) is 35.8 Å². The number of aromatic nitrogens is 18. The molecule has 12 heterocycles. The highest BCUT2D eigenvalue weighted by Gasteiger charge is 2.52. The molecule has 138 heavy (non-hydrogen) atoms. The number of nitrogens with two attached hydrogens (primary N) is 2. The second kappa shape index (κ2) is 57.4. The Hall–Kier alpha value is -16.2. The van der Waals surface area contributed by atoms with Crippen LogP contribution in [0.4, 0.5) is 45.5 Å². The number of carbonyl (C=O) groups is 1. The number of alkyl halides is 2. The highest BCUT2D eigenvalue weighted by Crippen LogP contribution is 2.39. The Kier molecular flexibility index (Phi) is 47.4. The summed E-state index contributed by atoms with van der Waals surface area (Å²) in [5.74, 6) is 7.61. The summed E-state index contributed by atoms with van der Waals surface area (Å²) >= 11 is 15.2. The number of nitrogen functional groups attached to an aromatic ring is 2. The van der Waals surface area contributed by atoms with Crippen molar-refractivity contribution in [2.75, 3.05) is 63.0 Å². The Bertz CT molecular complexity index is 6270.